The molecule has 0 fully saturated rings. The van der Waals surface area contributed by atoms with Gasteiger partial charge in [-0.15, -0.1) is 22.7 Å². The van der Waals surface area contributed by atoms with Gasteiger partial charge in [-0.2, -0.15) is 35.5 Å². The largest absolute Gasteiger partial charge is 0.319 e. The Morgan fingerprint density at radius 2 is 1.16 bits per heavy atom. The van der Waals surface area contributed by atoms with E-state index in [4.69, 9.17) is 4.98 Å². The van der Waals surface area contributed by atoms with Crippen LogP contribution in [0.1, 0.15) is 19.9 Å². The number of aromatic nitrogens is 4. The van der Waals surface area contributed by atoms with E-state index in [0.29, 0.717) is 6.04 Å². The molecular weight excluding hydrogens is 892 g/mol. The van der Waals surface area contributed by atoms with Crippen LogP contribution in [0.15, 0.2) is 195 Å². The molecule has 0 bridgehead atoms. The molecule has 0 saturated carbocycles. The molecule has 0 atom stereocenters. The fourth-order valence-corrected chi connectivity index (χ4v) is 13.1. The van der Waals surface area contributed by atoms with E-state index in [2.05, 4.69) is 228 Å². The van der Waals surface area contributed by atoms with Gasteiger partial charge in [-0.1, -0.05) is 115 Å². The molecule has 0 unspecified atom stereocenters. The van der Waals surface area contributed by atoms with E-state index >= 15 is 0 Å². The number of nitrogens with zero attached hydrogens (tertiary/aromatic N) is 4. The number of rotatable bonds is 8. The first-order valence-electron chi connectivity index (χ1n) is 19.2. The molecule has 6 heteroatoms. The number of imidazole rings is 1. The molecule has 0 saturated heterocycles. The van der Waals surface area contributed by atoms with E-state index in [0.717, 1.165) is 49.8 Å². The van der Waals surface area contributed by atoms with Crippen molar-refractivity contribution in [2.45, 2.75) is 19.9 Å². The Bertz CT molecular complexity index is 2970. The van der Waals surface area contributed by atoms with E-state index in [9.17, 15) is 0 Å². The maximum Gasteiger partial charge on any atom is 0.188 e. The second kappa shape index (κ2) is 15.1. The molecule has 278 valence electrons. The smallest absolute Gasteiger partial charge is 0.188 e. The van der Waals surface area contributed by atoms with Crippen molar-refractivity contribution in [1.82, 2.24) is 18.7 Å². The van der Waals surface area contributed by atoms with Crippen LogP contribution in [0.4, 0.5) is 0 Å². The molecule has 0 amide bonds. The van der Waals surface area contributed by atoms with Gasteiger partial charge in [0, 0.05) is 50.6 Å². The van der Waals surface area contributed by atoms with Crippen molar-refractivity contribution in [2.24, 2.45) is 0 Å². The van der Waals surface area contributed by atoms with Crippen LogP contribution in [0.5, 0.6) is 0 Å². The van der Waals surface area contributed by atoms with E-state index in [1.807, 2.05) is 6.20 Å². The number of pyridine rings is 1. The van der Waals surface area contributed by atoms with Crippen molar-refractivity contribution in [3.05, 3.63) is 207 Å². The van der Waals surface area contributed by atoms with E-state index < -0.39 is 8.07 Å². The first-order chi connectivity index (χ1) is 27.6. The number of fused-ring (bicyclic) bond motifs is 4. The molecule has 4 nitrogen and oxygen atoms in total. The fraction of sp³-hybridized carbons (Fsp3) is 0.0588. The number of hydrogen-bond acceptors (Lipinski definition) is 1. The zero-order valence-electron chi connectivity index (χ0n) is 31.7. The first kappa shape index (κ1) is 36.5. The van der Waals surface area contributed by atoms with Crippen LogP contribution in [0.25, 0.3) is 55.5 Å². The van der Waals surface area contributed by atoms with Crippen molar-refractivity contribution in [2.75, 3.05) is 0 Å². The van der Waals surface area contributed by atoms with Gasteiger partial charge >= 0.3 is 0 Å². The Morgan fingerprint density at radius 1 is 0.544 bits per heavy atom. The van der Waals surface area contributed by atoms with Gasteiger partial charge in [0.15, 0.2) is 17.4 Å². The molecule has 0 spiro atoms. The molecule has 3 heterocycles. The van der Waals surface area contributed by atoms with Gasteiger partial charge in [-0.25, -0.2) is 14.1 Å². The Kier molecular flexibility index (Phi) is 9.66. The maximum absolute atomic E-state index is 5.00. The summed E-state index contributed by atoms with van der Waals surface area (Å²) in [4.78, 5) is 5.00. The molecule has 3 aromatic heterocycles. The number of benzene rings is 7. The molecule has 0 N–H and O–H groups in total. The Morgan fingerprint density at radius 3 is 1.86 bits per heavy atom. The predicted octanol–water partition coefficient (Wildman–Crippen LogP) is 9.43. The van der Waals surface area contributed by atoms with Crippen LogP contribution in [0.3, 0.4) is 0 Å². The molecule has 0 aliphatic rings. The van der Waals surface area contributed by atoms with Crippen molar-refractivity contribution >= 4 is 61.7 Å². The third-order valence-electron chi connectivity index (χ3n) is 11.1. The third-order valence-corrected chi connectivity index (χ3v) is 15.7. The molecule has 7 aromatic carbocycles. The van der Waals surface area contributed by atoms with Gasteiger partial charge in [0.1, 0.15) is 13.9 Å². The minimum atomic E-state index is -3.07. The van der Waals surface area contributed by atoms with Crippen LogP contribution in [0, 0.1) is 12.1 Å². The van der Waals surface area contributed by atoms with Crippen molar-refractivity contribution in [3.63, 3.8) is 0 Å². The molecule has 0 aliphatic carbocycles. The quantitative estimate of drug-likeness (QED) is 0.0849. The van der Waals surface area contributed by atoms with Crippen molar-refractivity contribution < 1.29 is 21.1 Å². The summed E-state index contributed by atoms with van der Waals surface area (Å²) < 4.78 is 6.94. The van der Waals surface area contributed by atoms with E-state index in [1.165, 1.54) is 26.5 Å². The van der Waals surface area contributed by atoms with Crippen LogP contribution in [0.2, 0.25) is 0 Å². The average molecular weight is 931 g/mol. The SMILES string of the molecule is CC(C)n1[cH+]n(-c2[c-]c([Si](c3[c-]c4c(cc3)c3ccccc3n4-c3cc(-c4ccccc4)ccn3)(c3ccccc3)c3ccccc3)ccc2)c2ccccc21.[Pt]. The Hall–Kier alpha value is -6.13. The average Bonchev–Trinajstić information content (AvgIpc) is 3.82. The fourth-order valence-electron chi connectivity index (χ4n) is 8.56. The van der Waals surface area contributed by atoms with Crippen molar-refractivity contribution in [3.8, 4) is 22.6 Å². The zero-order chi connectivity index (χ0) is 37.6. The summed E-state index contributed by atoms with van der Waals surface area (Å²) in [5.74, 6) is 0.865. The maximum atomic E-state index is 5.00. The molecule has 10 rings (SSSR count). The van der Waals surface area contributed by atoms with Gasteiger partial charge in [-0.05, 0) is 71.1 Å². The minimum absolute atomic E-state index is 0. The molecular formula is C51H39N4PtSi-. The number of para-hydroxylation sites is 3. The molecule has 57 heavy (non-hydrogen) atoms. The zero-order valence-corrected chi connectivity index (χ0v) is 34.9. The monoisotopic (exact) mass is 930 g/mol. The molecule has 0 aliphatic heterocycles. The van der Waals surface area contributed by atoms with Crippen LogP contribution < -0.4 is 20.7 Å². The second-order valence-corrected chi connectivity index (χ2v) is 18.4. The van der Waals surface area contributed by atoms with Crippen molar-refractivity contribution in [1.29, 1.82) is 0 Å². The third kappa shape index (κ3) is 6.10. The van der Waals surface area contributed by atoms with Crippen LogP contribution >= 0.6 is 0 Å². The standard InChI is InChI=1S/C51H39N4Si.Pt/c1-37(2)53-36-54(49-28-15-14-27-48(49)53)40-19-16-24-43(34-40)56(41-20-8-4-9-21-41,42-22-10-5-11-23-42)44-29-30-46-45-25-12-13-26-47(45)55(50(46)35-44)51-33-39(31-32-52-51)38-17-6-3-7-18-38;/h3-33,36-37H,1-2H3;/q-1;. The summed E-state index contributed by atoms with van der Waals surface area (Å²) in [7, 11) is -3.07. The first-order valence-corrected chi connectivity index (χ1v) is 21.2. The van der Waals surface area contributed by atoms with Gasteiger partial charge in [0.05, 0.1) is 6.04 Å². The van der Waals surface area contributed by atoms with Gasteiger partial charge < -0.3 is 4.57 Å². The Balaban J connectivity index is 0.00000422. The van der Waals surface area contributed by atoms with Gasteiger partial charge in [0.2, 0.25) is 0 Å². The second-order valence-electron chi connectivity index (χ2n) is 14.7. The van der Waals surface area contributed by atoms with Crippen LogP contribution in [-0.2, 0) is 21.1 Å². The van der Waals surface area contributed by atoms with Gasteiger partial charge in [0.25, 0.3) is 0 Å². The normalized spacial score (nSPS) is 11.7. The van der Waals surface area contributed by atoms with E-state index in [-0.39, 0.29) is 21.1 Å². The minimum Gasteiger partial charge on any atom is -0.319 e. The molecule has 10 aromatic rings. The topological polar surface area (TPSA) is 27.7 Å². The summed E-state index contributed by atoms with van der Waals surface area (Å²) in [6.45, 7) is 4.47. The summed E-state index contributed by atoms with van der Waals surface area (Å²) in [5.41, 5.74) is 7.77. The Labute approximate surface area is 348 Å². The summed E-state index contributed by atoms with van der Waals surface area (Å²) in [5, 5.41) is 7.20. The van der Waals surface area contributed by atoms with Crippen LogP contribution in [-0.4, -0.2) is 26.8 Å². The molecule has 0 radical (unpaired) electrons. The predicted molar refractivity (Wildman–Crippen MR) is 235 cm³/mol. The summed E-state index contributed by atoms with van der Waals surface area (Å²) in [6, 6.07) is 74.0. The number of hydrogen-bond donors (Lipinski definition) is 0. The van der Waals surface area contributed by atoms with Gasteiger partial charge in [-0.3, -0.25) is 0 Å². The summed E-state index contributed by atoms with van der Waals surface area (Å²) in [6.07, 6.45) is 4.15. The summed E-state index contributed by atoms with van der Waals surface area (Å²) >= 11 is 0. The van der Waals surface area contributed by atoms with E-state index in [1.54, 1.807) is 0 Å².